The van der Waals surface area contributed by atoms with Crippen LogP contribution in [0.3, 0.4) is 0 Å². The summed E-state index contributed by atoms with van der Waals surface area (Å²) in [5, 5.41) is 0. The van der Waals surface area contributed by atoms with Gasteiger partial charge in [0.1, 0.15) is 0 Å². The highest BCUT2D eigenvalue weighted by Crippen LogP contribution is 2.40. The molecule has 0 spiro atoms. The van der Waals surface area contributed by atoms with Crippen LogP contribution in [-0.4, -0.2) is 0 Å². The molecule has 0 nitrogen and oxygen atoms in total. The van der Waals surface area contributed by atoms with Crippen LogP contribution in [0.5, 0.6) is 0 Å². The normalized spacial score (nSPS) is 11.0. The van der Waals surface area contributed by atoms with Gasteiger partial charge in [0.2, 0.25) is 0 Å². The van der Waals surface area contributed by atoms with E-state index in [-0.39, 0.29) is 0 Å². The lowest BCUT2D eigenvalue weighted by Gasteiger charge is -2.24. The van der Waals surface area contributed by atoms with E-state index in [2.05, 4.69) is 90.5 Å². The van der Waals surface area contributed by atoms with Crippen LogP contribution >= 0.6 is 38.5 Å². The standard InChI is InChI=1S/C20H24BrI/c1-5-13-14(6-2)16(8-4)20(22)19(15(13)7-3)17-11-9-10-12-18(17)21/h9-12H,5-8H2,1-4H3. The molecular formula is C20H24BrI. The maximum atomic E-state index is 3.76. The van der Waals surface area contributed by atoms with Crippen molar-refractivity contribution in [2.45, 2.75) is 53.4 Å². The zero-order valence-corrected chi connectivity index (χ0v) is 17.6. The molecule has 22 heavy (non-hydrogen) atoms. The van der Waals surface area contributed by atoms with Gasteiger partial charge in [-0.25, -0.2) is 0 Å². The van der Waals surface area contributed by atoms with Gasteiger partial charge in [-0.05, 0) is 87.7 Å². The average molecular weight is 471 g/mol. The van der Waals surface area contributed by atoms with Crippen molar-refractivity contribution in [3.63, 3.8) is 0 Å². The number of benzene rings is 2. The maximum Gasteiger partial charge on any atom is 0.0254 e. The number of halogens is 2. The summed E-state index contributed by atoms with van der Waals surface area (Å²) in [4.78, 5) is 0. The first-order chi connectivity index (χ1) is 10.6. The highest BCUT2D eigenvalue weighted by atomic mass is 127. The molecule has 2 aromatic carbocycles. The van der Waals surface area contributed by atoms with Gasteiger partial charge in [-0.3, -0.25) is 0 Å². The largest absolute Gasteiger partial charge is 0.0616 e. The Morgan fingerprint density at radius 2 is 1.27 bits per heavy atom. The quantitative estimate of drug-likeness (QED) is 0.414. The zero-order valence-electron chi connectivity index (χ0n) is 13.9. The van der Waals surface area contributed by atoms with Crippen molar-refractivity contribution < 1.29 is 0 Å². The molecule has 0 amide bonds. The summed E-state index contributed by atoms with van der Waals surface area (Å²) in [6, 6.07) is 8.62. The van der Waals surface area contributed by atoms with Gasteiger partial charge in [0.15, 0.2) is 0 Å². The fourth-order valence-electron chi connectivity index (χ4n) is 3.49. The summed E-state index contributed by atoms with van der Waals surface area (Å²) < 4.78 is 2.63. The molecule has 0 N–H and O–H groups in total. The summed E-state index contributed by atoms with van der Waals surface area (Å²) in [6.07, 6.45) is 4.45. The van der Waals surface area contributed by atoms with E-state index >= 15 is 0 Å². The summed E-state index contributed by atoms with van der Waals surface area (Å²) in [7, 11) is 0. The molecule has 0 radical (unpaired) electrons. The highest BCUT2D eigenvalue weighted by molar-refractivity contribution is 14.1. The maximum absolute atomic E-state index is 3.76. The molecule has 0 saturated heterocycles. The molecule has 0 fully saturated rings. The van der Waals surface area contributed by atoms with Gasteiger partial charge in [0, 0.05) is 8.04 Å². The smallest absolute Gasteiger partial charge is 0.0254 e. The third-order valence-electron chi connectivity index (χ3n) is 4.44. The van der Waals surface area contributed by atoms with Gasteiger partial charge < -0.3 is 0 Å². The van der Waals surface area contributed by atoms with Crippen LogP contribution in [0.4, 0.5) is 0 Å². The first-order valence-corrected chi connectivity index (χ1v) is 10.1. The molecule has 0 unspecified atom stereocenters. The summed E-state index contributed by atoms with van der Waals surface area (Å²) in [5.74, 6) is 0. The molecule has 2 heteroatoms. The molecular weight excluding hydrogens is 447 g/mol. The Balaban J connectivity index is 2.92. The van der Waals surface area contributed by atoms with Gasteiger partial charge >= 0.3 is 0 Å². The van der Waals surface area contributed by atoms with E-state index in [4.69, 9.17) is 0 Å². The molecule has 0 aromatic heterocycles. The molecule has 0 saturated carbocycles. The Labute approximate surface area is 157 Å². The van der Waals surface area contributed by atoms with E-state index in [0.717, 1.165) is 25.7 Å². The minimum atomic E-state index is 1.09. The Hall–Kier alpha value is -0.350. The van der Waals surface area contributed by atoms with E-state index in [1.54, 1.807) is 16.7 Å². The lowest BCUT2D eigenvalue weighted by atomic mass is 9.84. The second-order valence-corrected chi connectivity index (χ2v) is 7.43. The first-order valence-electron chi connectivity index (χ1n) is 8.20. The molecule has 2 aromatic rings. The van der Waals surface area contributed by atoms with E-state index in [1.165, 1.54) is 24.7 Å². The second-order valence-electron chi connectivity index (χ2n) is 5.50. The van der Waals surface area contributed by atoms with Crippen LogP contribution in [0.1, 0.15) is 49.9 Å². The van der Waals surface area contributed by atoms with Crippen molar-refractivity contribution in [3.05, 3.63) is 54.6 Å². The third-order valence-corrected chi connectivity index (χ3v) is 6.32. The van der Waals surface area contributed by atoms with Crippen LogP contribution in [0.15, 0.2) is 28.7 Å². The molecule has 0 atom stereocenters. The SMILES string of the molecule is CCc1c(I)c(-c2ccccc2Br)c(CC)c(CC)c1CC. The van der Waals surface area contributed by atoms with Crippen molar-refractivity contribution in [3.8, 4) is 11.1 Å². The molecule has 0 aliphatic heterocycles. The molecule has 0 aliphatic rings. The molecule has 2 rings (SSSR count). The van der Waals surface area contributed by atoms with Crippen LogP contribution in [0, 0.1) is 3.57 Å². The Bertz CT molecular complexity index is 674. The van der Waals surface area contributed by atoms with Gasteiger partial charge in [0.25, 0.3) is 0 Å². The van der Waals surface area contributed by atoms with Crippen molar-refractivity contribution in [1.82, 2.24) is 0 Å². The minimum Gasteiger partial charge on any atom is -0.0616 e. The molecule has 0 heterocycles. The van der Waals surface area contributed by atoms with E-state index in [9.17, 15) is 0 Å². The van der Waals surface area contributed by atoms with Gasteiger partial charge in [0.05, 0.1) is 0 Å². The fraction of sp³-hybridized carbons (Fsp3) is 0.400. The van der Waals surface area contributed by atoms with E-state index in [1.807, 2.05) is 0 Å². The Kier molecular flexibility index (Phi) is 6.51. The van der Waals surface area contributed by atoms with Gasteiger partial charge in [-0.1, -0.05) is 61.8 Å². The number of hydrogen-bond acceptors (Lipinski definition) is 0. The predicted molar refractivity (Wildman–Crippen MR) is 110 cm³/mol. The van der Waals surface area contributed by atoms with Gasteiger partial charge in [-0.15, -0.1) is 0 Å². The summed E-state index contributed by atoms with van der Waals surface area (Å²) >= 11 is 6.33. The van der Waals surface area contributed by atoms with E-state index in [0.29, 0.717) is 0 Å². The average Bonchev–Trinajstić information content (AvgIpc) is 2.54. The molecule has 118 valence electrons. The van der Waals surface area contributed by atoms with Gasteiger partial charge in [-0.2, -0.15) is 0 Å². The third kappa shape index (κ3) is 3.14. The second kappa shape index (κ2) is 7.96. The number of rotatable bonds is 5. The molecule has 0 aliphatic carbocycles. The fourth-order valence-corrected chi connectivity index (χ4v) is 5.29. The Morgan fingerprint density at radius 3 is 1.77 bits per heavy atom. The highest BCUT2D eigenvalue weighted by Gasteiger charge is 2.21. The predicted octanol–water partition coefficient (Wildman–Crippen LogP) is 6.97. The first kappa shape index (κ1) is 18.0. The van der Waals surface area contributed by atoms with Crippen LogP contribution in [0.25, 0.3) is 11.1 Å². The lowest BCUT2D eigenvalue weighted by Crippen LogP contribution is -2.08. The summed E-state index contributed by atoms with van der Waals surface area (Å²) in [6.45, 7) is 9.16. The number of hydrogen-bond donors (Lipinski definition) is 0. The van der Waals surface area contributed by atoms with Crippen LogP contribution < -0.4 is 0 Å². The van der Waals surface area contributed by atoms with Crippen molar-refractivity contribution in [2.75, 3.05) is 0 Å². The van der Waals surface area contributed by atoms with Crippen molar-refractivity contribution in [1.29, 1.82) is 0 Å². The summed E-state index contributed by atoms with van der Waals surface area (Å²) in [5.41, 5.74) is 9.02. The zero-order chi connectivity index (χ0) is 16.3. The minimum absolute atomic E-state index is 1.09. The molecule has 0 bridgehead atoms. The Morgan fingerprint density at radius 1 is 0.773 bits per heavy atom. The topological polar surface area (TPSA) is 0 Å². The van der Waals surface area contributed by atoms with E-state index < -0.39 is 0 Å². The van der Waals surface area contributed by atoms with Crippen LogP contribution in [0.2, 0.25) is 0 Å². The lowest BCUT2D eigenvalue weighted by molar-refractivity contribution is 0.940. The monoisotopic (exact) mass is 470 g/mol. The van der Waals surface area contributed by atoms with Crippen molar-refractivity contribution in [2.24, 2.45) is 0 Å². The van der Waals surface area contributed by atoms with Crippen LogP contribution in [-0.2, 0) is 25.7 Å². The van der Waals surface area contributed by atoms with Crippen molar-refractivity contribution >= 4 is 38.5 Å².